The van der Waals surface area contributed by atoms with E-state index in [0.29, 0.717) is 0 Å². The molecule has 0 saturated heterocycles. The Morgan fingerprint density at radius 2 is 2.06 bits per heavy atom. The summed E-state index contributed by atoms with van der Waals surface area (Å²) in [5.74, 6) is -0.313. The molecule has 3 N–H and O–H groups in total. The molecule has 1 amide bonds. The summed E-state index contributed by atoms with van der Waals surface area (Å²) in [5.41, 5.74) is 7.44. The predicted octanol–water partition coefficient (Wildman–Crippen LogP) is 0.860. The Morgan fingerprint density at radius 3 is 2.59 bits per heavy atom. The molecule has 1 aromatic rings. The van der Waals surface area contributed by atoms with Crippen LogP contribution in [0.25, 0.3) is 0 Å². The number of rotatable bonds is 6. The van der Waals surface area contributed by atoms with Crippen molar-refractivity contribution in [3.63, 3.8) is 0 Å². The summed E-state index contributed by atoms with van der Waals surface area (Å²) in [6, 6.07) is 8.94. The van der Waals surface area contributed by atoms with Gasteiger partial charge in [0.05, 0.1) is 6.54 Å². The normalized spacial score (nSPS) is 14.6. The smallest absolute Gasteiger partial charge is 0.236 e. The predicted molar refractivity (Wildman–Crippen MR) is 68.8 cm³/mol. The fourth-order valence-electron chi connectivity index (χ4n) is 1.74. The van der Waals surface area contributed by atoms with Gasteiger partial charge in [0.2, 0.25) is 5.91 Å². The van der Waals surface area contributed by atoms with Crippen molar-refractivity contribution < 1.29 is 4.79 Å². The van der Waals surface area contributed by atoms with E-state index in [2.05, 4.69) is 17.4 Å². The highest BCUT2D eigenvalue weighted by Crippen LogP contribution is 2.20. The lowest BCUT2D eigenvalue weighted by atomic mass is 10.2. The van der Waals surface area contributed by atoms with Crippen molar-refractivity contribution in [2.75, 3.05) is 18.5 Å². The highest BCUT2D eigenvalue weighted by molar-refractivity contribution is 5.79. The third-order valence-electron chi connectivity index (χ3n) is 2.94. The molecule has 0 unspecified atom stereocenters. The number of hydrogen-bond donors (Lipinski definition) is 2. The summed E-state index contributed by atoms with van der Waals surface area (Å²) in [4.78, 5) is 12.7. The molecule has 1 aliphatic carbocycles. The van der Waals surface area contributed by atoms with Gasteiger partial charge in [-0.05, 0) is 30.5 Å². The van der Waals surface area contributed by atoms with Gasteiger partial charge in [0.1, 0.15) is 0 Å². The first-order chi connectivity index (χ1) is 8.15. The summed E-state index contributed by atoms with van der Waals surface area (Å²) in [7, 11) is 1.86. The number of nitrogens with zero attached hydrogens (tertiary/aromatic N) is 1. The second-order valence-electron chi connectivity index (χ2n) is 4.64. The Morgan fingerprint density at radius 1 is 1.41 bits per heavy atom. The molecular formula is C13H19N3O. The van der Waals surface area contributed by atoms with E-state index in [1.807, 2.05) is 24.1 Å². The van der Waals surface area contributed by atoms with Crippen LogP contribution in [0.15, 0.2) is 24.3 Å². The van der Waals surface area contributed by atoms with E-state index in [1.54, 1.807) is 0 Å². The van der Waals surface area contributed by atoms with Gasteiger partial charge in [0.25, 0.3) is 0 Å². The molecule has 17 heavy (non-hydrogen) atoms. The first-order valence-electron chi connectivity index (χ1n) is 5.97. The molecule has 0 aromatic heterocycles. The summed E-state index contributed by atoms with van der Waals surface area (Å²) in [5, 5.41) is 3.47. The van der Waals surface area contributed by atoms with Crippen LogP contribution in [0.5, 0.6) is 0 Å². The molecule has 0 bridgehead atoms. The van der Waals surface area contributed by atoms with E-state index < -0.39 is 0 Å². The molecule has 2 rings (SSSR count). The molecule has 0 atom stereocenters. The van der Waals surface area contributed by atoms with Crippen LogP contribution in [-0.2, 0) is 11.3 Å². The Hall–Kier alpha value is -1.55. The van der Waals surface area contributed by atoms with Crippen LogP contribution in [0.2, 0.25) is 0 Å². The zero-order chi connectivity index (χ0) is 12.3. The Balaban J connectivity index is 1.89. The Bertz CT molecular complexity index is 384. The monoisotopic (exact) mass is 233 g/mol. The van der Waals surface area contributed by atoms with Gasteiger partial charge >= 0.3 is 0 Å². The third kappa shape index (κ3) is 3.75. The lowest BCUT2D eigenvalue weighted by Gasteiger charge is -2.17. The topological polar surface area (TPSA) is 58.4 Å². The molecule has 1 fully saturated rings. The van der Waals surface area contributed by atoms with Gasteiger partial charge in [-0.2, -0.15) is 0 Å². The molecule has 4 heteroatoms. The minimum absolute atomic E-state index is 0.250. The third-order valence-corrected chi connectivity index (χ3v) is 2.94. The van der Waals surface area contributed by atoms with E-state index >= 15 is 0 Å². The quantitative estimate of drug-likeness (QED) is 0.766. The number of carbonyl (C=O) groups is 1. The molecule has 0 heterocycles. The highest BCUT2D eigenvalue weighted by Gasteiger charge is 2.19. The largest absolute Gasteiger partial charge is 0.368 e. The van der Waals surface area contributed by atoms with Gasteiger partial charge in [-0.25, -0.2) is 0 Å². The summed E-state index contributed by atoms with van der Waals surface area (Å²) in [6.07, 6.45) is 2.61. The van der Waals surface area contributed by atoms with Crippen molar-refractivity contribution in [3.8, 4) is 0 Å². The second kappa shape index (κ2) is 5.19. The van der Waals surface area contributed by atoms with Crippen molar-refractivity contribution in [2.24, 2.45) is 5.73 Å². The minimum Gasteiger partial charge on any atom is -0.368 e. The zero-order valence-corrected chi connectivity index (χ0v) is 10.1. The Labute approximate surface area is 102 Å². The summed E-state index contributed by atoms with van der Waals surface area (Å²) >= 11 is 0. The maximum atomic E-state index is 10.8. The van der Waals surface area contributed by atoms with Crippen LogP contribution in [0.4, 0.5) is 5.69 Å². The number of amides is 1. The van der Waals surface area contributed by atoms with Crippen LogP contribution >= 0.6 is 0 Å². The first-order valence-corrected chi connectivity index (χ1v) is 5.97. The van der Waals surface area contributed by atoms with Crippen LogP contribution in [-0.4, -0.2) is 25.5 Å². The van der Waals surface area contributed by atoms with E-state index in [9.17, 15) is 4.79 Å². The van der Waals surface area contributed by atoms with Crippen LogP contribution < -0.4 is 16.0 Å². The SMILES string of the molecule is CN(CC(N)=O)c1ccc(CNC2CC2)cc1. The van der Waals surface area contributed by atoms with Gasteiger partial charge in [-0.1, -0.05) is 12.1 Å². The number of hydrogen-bond acceptors (Lipinski definition) is 3. The lowest BCUT2D eigenvalue weighted by molar-refractivity contribution is -0.116. The number of primary amides is 1. The average molecular weight is 233 g/mol. The number of likely N-dealkylation sites (N-methyl/N-ethyl adjacent to an activating group) is 1. The zero-order valence-electron chi connectivity index (χ0n) is 10.1. The highest BCUT2D eigenvalue weighted by atomic mass is 16.1. The van der Waals surface area contributed by atoms with Crippen molar-refractivity contribution in [1.82, 2.24) is 5.32 Å². The number of carbonyl (C=O) groups excluding carboxylic acids is 1. The van der Waals surface area contributed by atoms with E-state index in [0.717, 1.165) is 18.3 Å². The molecule has 0 radical (unpaired) electrons. The fourth-order valence-corrected chi connectivity index (χ4v) is 1.74. The maximum absolute atomic E-state index is 10.8. The number of benzene rings is 1. The minimum atomic E-state index is -0.313. The summed E-state index contributed by atoms with van der Waals surface area (Å²) in [6.45, 7) is 1.17. The molecule has 0 spiro atoms. The van der Waals surface area contributed by atoms with Crippen molar-refractivity contribution in [3.05, 3.63) is 29.8 Å². The van der Waals surface area contributed by atoms with Gasteiger partial charge in [-0.3, -0.25) is 4.79 Å². The molecule has 0 aliphatic heterocycles. The number of nitrogens with two attached hydrogens (primary N) is 1. The molecule has 1 aromatic carbocycles. The summed E-state index contributed by atoms with van der Waals surface area (Å²) < 4.78 is 0. The molecule has 4 nitrogen and oxygen atoms in total. The standard InChI is InChI=1S/C13H19N3O/c1-16(9-13(14)17)12-6-2-10(3-7-12)8-15-11-4-5-11/h2-3,6-7,11,15H,4-5,8-9H2,1H3,(H2,14,17). The van der Waals surface area contributed by atoms with Crippen LogP contribution in [0, 0.1) is 0 Å². The average Bonchev–Trinajstić information content (AvgIpc) is 3.10. The van der Waals surface area contributed by atoms with Crippen molar-refractivity contribution in [2.45, 2.75) is 25.4 Å². The first kappa shape index (κ1) is 11.9. The van der Waals surface area contributed by atoms with E-state index in [-0.39, 0.29) is 12.5 Å². The van der Waals surface area contributed by atoms with Gasteiger partial charge in [0.15, 0.2) is 0 Å². The second-order valence-corrected chi connectivity index (χ2v) is 4.64. The van der Waals surface area contributed by atoms with E-state index in [4.69, 9.17) is 5.73 Å². The molecule has 1 aliphatic rings. The van der Waals surface area contributed by atoms with Gasteiger partial charge in [-0.15, -0.1) is 0 Å². The number of nitrogens with one attached hydrogen (secondary N) is 1. The molecular weight excluding hydrogens is 214 g/mol. The number of anilines is 1. The van der Waals surface area contributed by atoms with Gasteiger partial charge in [0, 0.05) is 25.3 Å². The van der Waals surface area contributed by atoms with Crippen molar-refractivity contribution in [1.29, 1.82) is 0 Å². The maximum Gasteiger partial charge on any atom is 0.236 e. The van der Waals surface area contributed by atoms with Crippen molar-refractivity contribution >= 4 is 11.6 Å². The molecule has 1 saturated carbocycles. The lowest BCUT2D eigenvalue weighted by Crippen LogP contribution is -2.30. The van der Waals surface area contributed by atoms with Crippen LogP contribution in [0.1, 0.15) is 18.4 Å². The van der Waals surface area contributed by atoms with Crippen LogP contribution in [0.3, 0.4) is 0 Å². The fraction of sp³-hybridized carbons (Fsp3) is 0.462. The molecule has 92 valence electrons. The Kier molecular flexibility index (Phi) is 3.64. The van der Waals surface area contributed by atoms with E-state index in [1.165, 1.54) is 18.4 Å². The van der Waals surface area contributed by atoms with Gasteiger partial charge < -0.3 is 16.0 Å².